The molecular formula is C15H22ClNO. The number of rotatable bonds is 7. The van der Waals surface area contributed by atoms with Crippen molar-refractivity contribution in [1.29, 1.82) is 0 Å². The molecule has 18 heavy (non-hydrogen) atoms. The molecular weight excluding hydrogens is 246 g/mol. The summed E-state index contributed by atoms with van der Waals surface area (Å²) in [6.45, 7) is 2.83. The number of hydrogen-bond acceptors (Lipinski definition) is 2. The first-order chi connectivity index (χ1) is 8.74. The summed E-state index contributed by atoms with van der Waals surface area (Å²) in [7, 11) is 1.74. The van der Waals surface area contributed by atoms with Gasteiger partial charge < -0.3 is 10.1 Å². The van der Waals surface area contributed by atoms with Gasteiger partial charge in [-0.25, -0.2) is 0 Å². The zero-order chi connectivity index (χ0) is 12.8. The maximum absolute atomic E-state index is 5.92. The molecule has 1 aliphatic rings. The first kappa shape index (κ1) is 13.9. The summed E-state index contributed by atoms with van der Waals surface area (Å²) >= 11 is 5.92. The standard InChI is InChI=1S/C15H22ClNO/c1-18-10-9-17-12-15(7-2-8-15)11-13-3-5-14(16)6-4-13/h3-6,17H,2,7-12H2,1H3. The quantitative estimate of drug-likeness (QED) is 0.766. The van der Waals surface area contributed by atoms with E-state index in [0.29, 0.717) is 5.41 Å². The van der Waals surface area contributed by atoms with Crippen LogP contribution in [0.5, 0.6) is 0 Å². The first-order valence-electron chi connectivity index (χ1n) is 6.68. The number of halogens is 1. The van der Waals surface area contributed by atoms with Crippen LogP contribution in [0.1, 0.15) is 24.8 Å². The molecule has 0 radical (unpaired) electrons. The molecule has 0 aliphatic heterocycles. The molecule has 0 amide bonds. The van der Waals surface area contributed by atoms with Crippen LogP contribution < -0.4 is 5.32 Å². The SMILES string of the molecule is COCCNCC1(Cc2ccc(Cl)cc2)CCC1. The van der Waals surface area contributed by atoms with E-state index < -0.39 is 0 Å². The molecule has 1 aromatic rings. The molecule has 0 bridgehead atoms. The summed E-state index contributed by atoms with van der Waals surface area (Å²) in [4.78, 5) is 0. The van der Waals surface area contributed by atoms with Crippen LogP contribution in [0.3, 0.4) is 0 Å². The summed E-state index contributed by atoms with van der Waals surface area (Å²) in [6, 6.07) is 8.28. The number of ether oxygens (including phenoxy) is 1. The lowest BCUT2D eigenvalue weighted by atomic mass is 9.65. The summed E-state index contributed by atoms with van der Waals surface area (Å²) in [5.74, 6) is 0. The van der Waals surface area contributed by atoms with Crippen LogP contribution in [0, 0.1) is 5.41 Å². The monoisotopic (exact) mass is 267 g/mol. The average Bonchev–Trinajstić information content (AvgIpc) is 2.34. The zero-order valence-corrected chi connectivity index (χ0v) is 11.8. The van der Waals surface area contributed by atoms with E-state index in [9.17, 15) is 0 Å². The average molecular weight is 268 g/mol. The van der Waals surface area contributed by atoms with Crippen molar-refractivity contribution in [3.8, 4) is 0 Å². The van der Waals surface area contributed by atoms with E-state index in [0.717, 1.165) is 31.1 Å². The third-order valence-corrected chi connectivity index (χ3v) is 4.14. The van der Waals surface area contributed by atoms with Crippen LogP contribution in [0.15, 0.2) is 24.3 Å². The molecule has 2 nitrogen and oxygen atoms in total. The van der Waals surface area contributed by atoms with E-state index in [1.54, 1.807) is 7.11 Å². The van der Waals surface area contributed by atoms with E-state index in [1.807, 2.05) is 12.1 Å². The van der Waals surface area contributed by atoms with Crippen molar-refractivity contribution < 1.29 is 4.74 Å². The maximum atomic E-state index is 5.92. The van der Waals surface area contributed by atoms with Gasteiger partial charge in [-0.15, -0.1) is 0 Å². The molecule has 0 aromatic heterocycles. The fourth-order valence-electron chi connectivity index (χ4n) is 2.66. The third-order valence-electron chi connectivity index (χ3n) is 3.89. The normalized spacial score (nSPS) is 17.4. The van der Waals surface area contributed by atoms with E-state index in [2.05, 4.69) is 17.4 Å². The number of hydrogen-bond donors (Lipinski definition) is 1. The van der Waals surface area contributed by atoms with Gasteiger partial charge in [-0.2, -0.15) is 0 Å². The Kier molecular flexibility index (Phi) is 5.04. The second-order valence-corrected chi connectivity index (χ2v) is 5.76. The summed E-state index contributed by atoms with van der Waals surface area (Å²) in [5, 5.41) is 4.33. The highest BCUT2D eigenvalue weighted by Gasteiger charge is 2.36. The van der Waals surface area contributed by atoms with Crippen LogP contribution in [-0.4, -0.2) is 26.8 Å². The minimum absolute atomic E-state index is 0.460. The Morgan fingerprint density at radius 3 is 2.56 bits per heavy atom. The van der Waals surface area contributed by atoms with Crippen molar-refractivity contribution in [2.75, 3.05) is 26.8 Å². The molecule has 2 rings (SSSR count). The second kappa shape index (κ2) is 6.55. The van der Waals surface area contributed by atoms with Crippen LogP contribution >= 0.6 is 11.6 Å². The molecule has 1 aromatic carbocycles. The summed E-state index contributed by atoms with van der Waals surface area (Å²) in [6.07, 6.45) is 5.18. The molecule has 0 spiro atoms. The van der Waals surface area contributed by atoms with Crippen molar-refractivity contribution in [2.45, 2.75) is 25.7 Å². The Labute approximate surface area is 115 Å². The Morgan fingerprint density at radius 1 is 1.28 bits per heavy atom. The smallest absolute Gasteiger partial charge is 0.0587 e. The maximum Gasteiger partial charge on any atom is 0.0587 e. The Morgan fingerprint density at radius 2 is 2.00 bits per heavy atom. The second-order valence-electron chi connectivity index (χ2n) is 5.33. The highest BCUT2D eigenvalue weighted by molar-refractivity contribution is 6.30. The number of nitrogens with one attached hydrogen (secondary N) is 1. The molecule has 0 unspecified atom stereocenters. The molecule has 100 valence electrons. The van der Waals surface area contributed by atoms with Crippen LogP contribution in [0.4, 0.5) is 0 Å². The van der Waals surface area contributed by atoms with Crippen LogP contribution in [0.2, 0.25) is 5.02 Å². The van der Waals surface area contributed by atoms with Gasteiger partial charge >= 0.3 is 0 Å². The highest BCUT2D eigenvalue weighted by Crippen LogP contribution is 2.43. The predicted octanol–water partition coefficient (Wildman–Crippen LogP) is 3.29. The molecule has 1 aliphatic carbocycles. The lowest BCUT2D eigenvalue weighted by Crippen LogP contribution is -2.42. The minimum atomic E-state index is 0.460. The topological polar surface area (TPSA) is 21.3 Å². The van der Waals surface area contributed by atoms with Crippen molar-refractivity contribution >= 4 is 11.6 Å². The van der Waals surface area contributed by atoms with E-state index in [-0.39, 0.29) is 0 Å². The fourth-order valence-corrected chi connectivity index (χ4v) is 2.78. The number of benzene rings is 1. The van der Waals surface area contributed by atoms with Gasteiger partial charge in [0, 0.05) is 25.2 Å². The molecule has 0 saturated heterocycles. The molecule has 3 heteroatoms. The summed E-state index contributed by atoms with van der Waals surface area (Å²) in [5.41, 5.74) is 1.86. The van der Waals surface area contributed by atoms with Crippen LogP contribution in [0.25, 0.3) is 0 Å². The van der Waals surface area contributed by atoms with Crippen molar-refractivity contribution in [1.82, 2.24) is 5.32 Å². The summed E-state index contributed by atoms with van der Waals surface area (Å²) < 4.78 is 5.06. The van der Waals surface area contributed by atoms with Gasteiger partial charge in [0.05, 0.1) is 6.61 Å². The van der Waals surface area contributed by atoms with Gasteiger partial charge in [-0.1, -0.05) is 30.2 Å². The van der Waals surface area contributed by atoms with Gasteiger partial charge in [0.2, 0.25) is 0 Å². The first-order valence-corrected chi connectivity index (χ1v) is 7.06. The Hall–Kier alpha value is -0.570. The van der Waals surface area contributed by atoms with E-state index >= 15 is 0 Å². The van der Waals surface area contributed by atoms with Crippen LogP contribution in [-0.2, 0) is 11.2 Å². The molecule has 1 saturated carbocycles. The molecule has 1 fully saturated rings. The van der Waals surface area contributed by atoms with Gasteiger partial charge in [0.25, 0.3) is 0 Å². The Bertz CT molecular complexity index is 359. The highest BCUT2D eigenvalue weighted by atomic mass is 35.5. The van der Waals surface area contributed by atoms with Gasteiger partial charge in [-0.3, -0.25) is 0 Å². The number of methoxy groups -OCH3 is 1. The van der Waals surface area contributed by atoms with Crippen molar-refractivity contribution in [3.05, 3.63) is 34.9 Å². The predicted molar refractivity (Wildman–Crippen MR) is 76.2 cm³/mol. The molecule has 0 heterocycles. The Balaban J connectivity index is 1.85. The van der Waals surface area contributed by atoms with Gasteiger partial charge in [0.1, 0.15) is 0 Å². The zero-order valence-electron chi connectivity index (χ0n) is 11.0. The lowest BCUT2D eigenvalue weighted by molar-refractivity contribution is 0.123. The van der Waals surface area contributed by atoms with Gasteiger partial charge in [0.15, 0.2) is 0 Å². The molecule has 1 N–H and O–H groups in total. The van der Waals surface area contributed by atoms with E-state index in [4.69, 9.17) is 16.3 Å². The largest absolute Gasteiger partial charge is 0.383 e. The molecule has 0 atom stereocenters. The van der Waals surface area contributed by atoms with Crippen molar-refractivity contribution in [3.63, 3.8) is 0 Å². The van der Waals surface area contributed by atoms with Crippen molar-refractivity contribution in [2.24, 2.45) is 5.41 Å². The fraction of sp³-hybridized carbons (Fsp3) is 0.600. The van der Waals surface area contributed by atoms with E-state index in [1.165, 1.54) is 24.8 Å². The minimum Gasteiger partial charge on any atom is -0.383 e. The lowest BCUT2D eigenvalue weighted by Gasteiger charge is -2.42. The van der Waals surface area contributed by atoms with Gasteiger partial charge in [-0.05, 0) is 42.4 Å². The third kappa shape index (κ3) is 3.71.